The molecule has 0 atom stereocenters. The zero-order valence-corrected chi connectivity index (χ0v) is 18.8. The molecule has 1 fully saturated rings. The Morgan fingerprint density at radius 3 is 2.47 bits per heavy atom. The maximum absolute atomic E-state index is 5.28. The molecule has 0 saturated carbocycles. The number of anilines is 1. The van der Waals surface area contributed by atoms with Gasteiger partial charge in [0.2, 0.25) is 0 Å². The van der Waals surface area contributed by atoms with E-state index in [2.05, 4.69) is 56.5 Å². The lowest BCUT2D eigenvalue weighted by molar-refractivity contribution is 0.249. The summed E-state index contributed by atoms with van der Waals surface area (Å²) in [6.45, 7) is 9.07. The molecule has 0 bridgehead atoms. The average molecular weight is 432 g/mol. The number of hydrogen-bond acceptors (Lipinski definition) is 6. The van der Waals surface area contributed by atoms with Crippen molar-refractivity contribution in [1.29, 1.82) is 0 Å². The van der Waals surface area contributed by atoms with Gasteiger partial charge in [-0.2, -0.15) is 5.10 Å². The highest BCUT2D eigenvalue weighted by Gasteiger charge is 2.22. The van der Waals surface area contributed by atoms with Crippen molar-refractivity contribution >= 4 is 11.5 Å². The van der Waals surface area contributed by atoms with Crippen LogP contribution >= 0.6 is 0 Å². The molecule has 0 radical (unpaired) electrons. The van der Waals surface area contributed by atoms with Crippen molar-refractivity contribution in [2.24, 2.45) is 0 Å². The van der Waals surface area contributed by atoms with Crippen LogP contribution in [0.3, 0.4) is 0 Å². The molecule has 0 aliphatic carbocycles. The molecular formula is C24H29N7O. The van der Waals surface area contributed by atoms with E-state index in [9.17, 15) is 0 Å². The molecule has 0 amide bonds. The fourth-order valence-corrected chi connectivity index (χ4v) is 4.22. The second kappa shape index (κ2) is 8.63. The first-order valence-electron chi connectivity index (χ1n) is 11.1. The van der Waals surface area contributed by atoms with Gasteiger partial charge < -0.3 is 9.64 Å². The normalized spacial score (nSPS) is 15.1. The van der Waals surface area contributed by atoms with E-state index in [1.54, 1.807) is 7.11 Å². The third-order valence-electron chi connectivity index (χ3n) is 6.06. The number of ether oxygens (including phenoxy) is 1. The molecule has 8 nitrogen and oxygen atoms in total. The number of methoxy groups -OCH3 is 1. The molecule has 1 aliphatic heterocycles. The molecule has 0 N–H and O–H groups in total. The Morgan fingerprint density at radius 2 is 1.78 bits per heavy atom. The summed E-state index contributed by atoms with van der Waals surface area (Å²) in [5.74, 6) is 1.79. The van der Waals surface area contributed by atoms with E-state index in [-0.39, 0.29) is 0 Å². The number of hydrogen-bond donors (Lipinski definition) is 0. The maximum Gasteiger partial charge on any atom is 0.180 e. The number of nitrogens with zero attached hydrogens (tertiary/aromatic N) is 7. The minimum atomic E-state index is 0.393. The number of aromatic nitrogens is 5. The molecule has 3 aromatic heterocycles. The van der Waals surface area contributed by atoms with Gasteiger partial charge in [-0.1, -0.05) is 0 Å². The van der Waals surface area contributed by atoms with E-state index in [0.29, 0.717) is 6.04 Å². The number of fused-ring (bicyclic) bond motifs is 1. The number of rotatable bonds is 6. The summed E-state index contributed by atoms with van der Waals surface area (Å²) in [7, 11) is 1.68. The van der Waals surface area contributed by atoms with Gasteiger partial charge in [0, 0.05) is 68.5 Å². The molecule has 5 rings (SSSR count). The topological polar surface area (TPSA) is 63.7 Å². The van der Waals surface area contributed by atoms with Crippen LogP contribution in [0.5, 0.6) is 5.75 Å². The van der Waals surface area contributed by atoms with E-state index in [0.717, 1.165) is 61.2 Å². The predicted molar refractivity (Wildman–Crippen MR) is 125 cm³/mol. The van der Waals surface area contributed by atoms with Crippen molar-refractivity contribution < 1.29 is 4.74 Å². The van der Waals surface area contributed by atoms with Crippen LogP contribution in [0.4, 0.5) is 5.82 Å². The molecule has 32 heavy (non-hydrogen) atoms. The molecule has 1 aromatic carbocycles. The van der Waals surface area contributed by atoms with Crippen LogP contribution in [0.1, 0.15) is 25.5 Å². The van der Waals surface area contributed by atoms with Crippen LogP contribution in [0.15, 0.2) is 55.2 Å². The molecule has 0 spiro atoms. The molecule has 4 heterocycles. The van der Waals surface area contributed by atoms with Crippen LogP contribution in [-0.4, -0.2) is 62.3 Å². The summed E-state index contributed by atoms with van der Waals surface area (Å²) in [6, 6.07) is 8.46. The fourth-order valence-electron chi connectivity index (χ4n) is 4.22. The zero-order chi connectivity index (χ0) is 22.1. The molecule has 8 heteroatoms. The van der Waals surface area contributed by atoms with Gasteiger partial charge in [0.05, 0.1) is 25.2 Å². The summed E-state index contributed by atoms with van der Waals surface area (Å²) in [4.78, 5) is 14.2. The van der Waals surface area contributed by atoms with Gasteiger partial charge in [-0.25, -0.2) is 9.97 Å². The van der Waals surface area contributed by atoms with Crippen molar-refractivity contribution in [2.45, 2.75) is 26.4 Å². The number of benzene rings is 1. The Labute approximate surface area is 188 Å². The highest BCUT2D eigenvalue weighted by atomic mass is 16.5. The van der Waals surface area contributed by atoms with Crippen molar-refractivity contribution in [3.63, 3.8) is 0 Å². The third kappa shape index (κ3) is 3.93. The van der Waals surface area contributed by atoms with Crippen LogP contribution < -0.4 is 9.64 Å². The smallest absolute Gasteiger partial charge is 0.180 e. The summed E-state index contributed by atoms with van der Waals surface area (Å²) in [5, 5.41) is 4.47. The molecule has 0 unspecified atom stereocenters. The van der Waals surface area contributed by atoms with E-state index in [4.69, 9.17) is 9.72 Å². The van der Waals surface area contributed by atoms with Crippen LogP contribution in [0.25, 0.3) is 16.9 Å². The van der Waals surface area contributed by atoms with Crippen LogP contribution in [0, 0.1) is 0 Å². The molecule has 1 aliphatic rings. The summed E-state index contributed by atoms with van der Waals surface area (Å²) >= 11 is 0. The van der Waals surface area contributed by atoms with Gasteiger partial charge in [-0.3, -0.25) is 14.0 Å². The lowest BCUT2D eigenvalue weighted by Gasteiger charge is -2.35. The molecule has 1 saturated heterocycles. The Hall–Kier alpha value is -3.39. The van der Waals surface area contributed by atoms with Gasteiger partial charge in [0.1, 0.15) is 5.75 Å². The van der Waals surface area contributed by atoms with Crippen LogP contribution in [0.2, 0.25) is 0 Å². The second-order valence-corrected chi connectivity index (χ2v) is 8.50. The van der Waals surface area contributed by atoms with Gasteiger partial charge >= 0.3 is 0 Å². The fraction of sp³-hybridized carbons (Fsp3) is 0.375. The van der Waals surface area contributed by atoms with Crippen molar-refractivity contribution in [1.82, 2.24) is 29.0 Å². The highest BCUT2D eigenvalue weighted by molar-refractivity contribution is 5.71. The first-order chi connectivity index (χ1) is 15.6. The van der Waals surface area contributed by atoms with Gasteiger partial charge in [-0.15, -0.1) is 0 Å². The van der Waals surface area contributed by atoms with E-state index >= 15 is 0 Å². The number of piperazine rings is 1. The third-order valence-corrected chi connectivity index (χ3v) is 6.06. The van der Waals surface area contributed by atoms with E-state index in [1.807, 2.05) is 41.6 Å². The lowest BCUT2D eigenvalue weighted by Crippen LogP contribution is -2.46. The van der Waals surface area contributed by atoms with E-state index in [1.165, 1.54) is 5.56 Å². The lowest BCUT2D eigenvalue weighted by atomic mass is 10.1. The van der Waals surface area contributed by atoms with Crippen molar-refractivity contribution in [3.8, 4) is 17.0 Å². The second-order valence-electron chi connectivity index (χ2n) is 8.50. The summed E-state index contributed by atoms with van der Waals surface area (Å²) in [5.41, 5.74) is 4.31. The molecule has 166 valence electrons. The minimum Gasteiger partial charge on any atom is -0.497 e. The van der Waals surface area contributed by atoms with Crippen molar-refractivity contribution in [2.75, 3.05) is 38.2 Å². The van der Waals surface area contributed by atoms with Crippen LogP contribution in [-0.2, 0) is 6.54 Å². The maximum atomic E-state index is 5.28. The first-order valence-corrected chi connectivity index (χ1v) is 11.1. The van der Waals surface area contributed by atoms with Gasteiger partial charge in [-0.05, 0) is 38.1 Å². The SMILES string of the molecule is COc1ccc(-c2cnc3c(N4CCN(Cc5cnn(C(C)C)c5)CC4)nccn23)cc1. The largest absolute Gasteiger partial charge is 0.497 e. The van der Waals surface area contributed by atoms with E-state index < -0.39 is 0 Å². The Bertz CT molecular complexity index is 1190. The van der Waals surface area contributed by atoms with Crippen molar-refractivity contribution in [3.05, 3.63) is 60.8 Å². The predicted octanol–water partition coefficient (Wildman–Crippen LogP) is 3.50. The monoisotopic (exact) mass is 431 g/mol. The number of imidazole rings is 1. The quantitative estimate of drug-likeness (QED) is 0.466. The summed E-state index contributed by atoms with van der Waals surface area (Å²) < 4.78 is 9.43. The Balaban J connectivity index is 1.30. The standard InChI is InChI=1S/C24H29N7O/c1-18(2)31-17-19(14-27-31)16-28-10-12-29(13-11-28)23-24-26-15-22(30(24)9-8-25-23)20-4-6-21(32-3)7-5-20/h4-9,14-15,17-18H,10-13,16H2,1-3H3. The summed E-state index contributed by atoms with van der Waals surface area (Å²) in [6.07, 6.45) is 9.91. The molecular weight excluding hydrogens is 402 g/mol. The Kier molecular flexibility index (Phi) is 5.53. The average Bonchev–Trinajstić information content (AvgIpc) is 3.47. The Morgan fingerprint density at radius 1 is 1.00 bits per heavy atom. The van der Waals surface area contributed by atoms with Gasteiger partial charge in [0.15, 0.2) is 11.5 Å². The van der Waals surface area contributed by atoms with Gasteiger partial charge in [0.25, 0.3) is 0 Å². The zero-order valence-electron chi connectivity index (χ0n) is 18.8. The highest BCUT2D eigenvalue weighted by Crippen LogP contribution is 2.27. The first kappa shape index (κ1) is 20.5. The minimum absolute atomic E-state index is 0.393. The molecule has 4 aromatic rings.